The van der Waals surface area contributed by atoms with Crippen molar-refractivity contribution < 1.29 is 9.59 Å². The van der Waals surface area contributed by atoms with Crippen LogP contribution in [0.4, 0.5) is 0 Å². The molecule has 18 heavy (non-hydrogen) atoms. The molecule has 2 heterocycles. The van der Waals surface area contributed by atoms with Crippen LogP contribution in [0, 0.1) is 22.7 Å². The summed E-state index contributed by atoms with van der Waals surface area (Å²) in [5, 5.41) is 3.23. The molecule has 0 aromatic carbocycles. The minimum absolute atomic E-state index is 0.0828. The summed E-state index contributed by atoms with van der Waals surface area (Å²) >= 11 is 0. The lowest BCUT2D eigenvalue weighted by atomic mass is 9.71. The second-order valence-electron chi connectivity index (χ2n) is 6.89. The van der Waals surface area contributed by atoms with Crippen molar-refractivity contribution in [2.45, 2.75) is 20.3 Å². The van der Waals surface area contributed by atoms with Crippen molar-refractivity contribution in [3.63, 3.8) is 0 Å². The quantitative estimate of drug-likeness (QED) is 0.699. The fourth-order valence-electron chi connectivity index (χ4n) is 3.52. The normalized spacial score (nSPS) is 35.3. The molecule has 1 saturated carbocycles. The molecule has 2 aliphatic heterocycles. The molecular weight excluding hydrogens is 230 g/mol. The third-order valence-corrected chi connectivity index (χ3v) is 5.04. The Kier molecular flexibility index (Phi) is 2.31. The molecule has 2 saturated heterocycles. The van der Waals surface area contributed by atoms with Crippen LogP contribution in [0.5, 0.6) is 0 Å². The van der Waals surface area contributed by atoms with Crippen LogP contribution in [0.3, 0.4) is 0 Å². The molecular formula is C13H21N3O2. The van der Waals surface area contributed by atoms with E-state index in [-0.39, 0.29) is 34.5 Å². The van der Waals surface area contributed by atoms with E-state index in [2.05, 4.69) is 19.2 Å². The van der Waals surface area contributed by atoms with Gasteiger partial charge in [-0.05, 0) is 11.8 Å². The number of carbonyl (C=O) groups excluding carboxylic acids is 2. The van der Waals surface area contributed by atoms with Crippen LogP contribution in [0.25, 0.3) is 0 Å². The zero-order chi connectivity index (χ0) is 13.1. The molecule has 1 aliphatic carbocycles. The van der Waals surface area contributed by atoms with Gasteiger partial charge in [-0.15, -0.1) is 0 Å². The van der Waals surface area contributed by atoms with Gasteiger partial charge in [0.05, 0.1) is 5.92 Å². The molecule has 5 heteroatoms. The summed E-state index contributed by atoms with van der Waals surface area (Å²) in [6.07, 6.45) is 0.993. The van der Waals surface area contributed by atoms with E-state index in [4.69, 9.17) is 5.73 Å². The molecule has 0 aromatic heterocycles. The van der Waals surface area contributed by atoms with E-state index in [1.807, 2.05) is 4.90 Å². The largest absolute Gasteiger partial charge is 0.369 e. The van der Waals surface area contributed by atoms with Crippen molar-refractivity contribution in [2.75, 3.05) is 26.2 Å². The lowest BCUT2D eigenvalue weighted by Gasteiger charge is -2.50. The molecule has 2 atom stereocenters. The third kappa shape index (κ3) is 1.56. The van der Waals surface area contributed by atoms with Crippen LogP contribution in [-0.2, 0) is 9.59 Å². The van der Waals surface area contributed by atoms with Gasteiger partial charge in [-0.1, -0.05) is 13.8 Å². The molecule has 0 aromatic rings. The van der Waals surface area contributed by atoms with E-state index in [9.17, 15) is 9.59 Å². The molecule has 3 aliphatic rings. The minimum atomic E-state index is -0.237. The molecule has 5 nitrogen and oxygen atoms in total. The average molecular weight is 251 g/mol. The Bertz CT molecular complexity index is 412. The Balaban J connectivity index is 1.63. The van der Waals surface area contributed by atoms with Crippen LogP contribution < -0.4 is 11.1 Å². The lowest BCUT2D eigenvalue weighted by Crippen LogP contribution is -2.64. The van der Waals surface area contributed by atoms with Crippen molar-refractivity contribution in [3.05, 3.63) is 0 Å². The highest BCUT2D eigenvalue weighted by Gasteiger charge is 2.59. The Labute approximate surface area is 107 Å². The number of nitrogens with two attached hydrogens (primary N) is 1. The van der Waals surface area contributed by atoms with Crippen molar-refractivity contribution >= 4 is 11.8 Å². The van der Waals surface area contributed by atoms with Crippen molar-refractivity contribution in [2.24, 2.45) is 28.4 Å². The number of nitrogens with zero attached hydrogens (tertiary/aromatic N) is 1. The lowest BCUT2D eigenvalue weighted by molar-refractivity contribution is -0.150. The number of carbonyl (C=O) groups is 2. The maximum atomic E-state index is 12.2. The number of amides is 2. The first-order valence-corrected chi connectivity index (χ1v) is 6.65. The van der Waals surface area contributed by atoms with E-state index in [0.717, 1.165) is 13.0 Å². The predicted molar refractivity (Wildman–Crippen MR) is 66.5 cm³/mol. The van der Waals surface area contributed by atoms with Crippen LogP contribution in [0.15, 0.2) is 0 Å². The number of hydrogen-bond donors (Lipinski definition) is 2. The van der Waals surface area contributed by atoms with Gasteiger partial charge in [-0.3, -0.25) is 9.59 Å². The number of rotatable bonds is 2. The van der Waals surface area contributed by atoms with Gasteiger partial charge >= 0.3 is 0 Å². The molecule has 0 radical (unpaired) electrons. The molecule has 3 N–H and O–H groups in total. The molecule has 1 spiro atoms. The van der Waals surface area contributed by atoms with E-state index in [0.29, 0.717) is 19.6 Å². The summed E-state index contributed by atoms with van der Waals surface area (Å²) in [6.45, 7) is 7.12. The maximum Gasteiger partial charge on any atom is 0.226 e. The van der Waals surface area contributed by atoms with Crippen LogP contribution in [0.1, 0.15) is 20.3 Å². The average Bonchev–Trinajstić information content (AvgIpc) is 2.72. The zero-order valence-electron chi connectivity index (χ0n) is 11.0. The molecule has 3 rings (SSSR count). The van der Waals surface area contributed by atoms with E-state index < -0.39 is 0 Å². The highest BCUT2D eigenvalue weighted by atomic mass is 16.2. The van der Waals surface area contributed by atoms with Crippen LogP contribution >= 0.6 is 0 Å². The third-order valence-electron chi connectivity index (χ3n) is 5.04. The topological polar surface area (TPSA) is 75.4 Å². The Hall–Kier alpha value is -1.10. The van der Waals surface area contributed by atoms with Gasteiger partial charge in [0.2, 0.25) is 11.8 Å². The fourth-order valence-corrected chi connectivity index (χ4v) is 3.52. The second-order valence-corrected chi connectivity index (χ2v) is 6.89. The van der Waals surface area contributed by atoms with Crippen LogP contribution in [-0.4, -0.2) is 42.9 Å². The van der Waals surface area contributed by atoms with E-state index >= 15 is 0 Å². The Morgan fingerprint density at radius 1 is 1.28 bits per heavy atom. The molecule has 2 amide bonds. The maximum absolute atomic E-state index is 12.2. The second kappa shape index (κ2) is 3.47. The van der Waals surface area contributed by atoms with Crippen molar-refractivity contribution in [1.29, 1.82) is 0 Å². The summed E-state index contributed by atoms with van der Waals surface area (Å²) in [4.78, 5) is 25.5. The summed E-state index contributed by atoms with van der Waals surface area (Å²) in [6, 6.07) is 0. The first-order valence-electron chi connectivity index (χ1n) is 6.65. The van der Waals surface area contributed by atoms with Gasteiger partial charge in [0.15, 0.2) is 0 Å². The van der Waals surface area contributed by atoms with E-state index in [1.54, 1.807) is 0 Å². The Morgan fingerprint density at radius 3 is 2.39 bits per heavy atom. The zero-order valence-corrected chi connectivity index (χ0v) is 11.0. The van der Waals surface area contributed by atoms with Gasteiger partial charge in [0, 0.05) is 37.5 Å². The molecule has 0 bridgehead atoms. The molecule has 100 valence electrons. The van der Waals surface area contributed by atoms with Crippen molar-refractivity contribution in [3.8, 4) is 0 Å². The standard InChI is InChI=1S/C13H21N3O2/c1-12(2)3-8(12)11(18)16-6-13(7-16)5-15-4-9(13)10(14)17/h8-9,15H,3-7H2,1-2H3,(H2,14,17)/t8-,9?/m1/s1. The van der Waals surface area contributed by atoms with Crippen molar-refractivity contribution in [1.82, 2.24) is 10.2 Å². The SMILES string of the molecule is CC1(C)C[C@@H]1C(=O)N1CC2(CNCC2C(N)=O)C1. The highest BCUT2D eigenvalue weighted by molar-refractivity contribution is 5.84. The number of nitrogens with one attached hydrogen (secondary N) is 1. The van der Waals surface area contributed by atoms with Gasteiger partial charge in [-0.2, -0.15) is 0 Å². The first kappa shape index (κ1) is 12.0. The predicted octanol–water partition coefficient (Wildman–Crippen LogP) is -0.434. The van der Waals surface area contributed by atoms with Gasteiger partial charge in [0.1, 0.15) is 0 Å². The number of hydrogen-bond acceptors (Lipinski definition) is 3. The number of likely N-dealkylation sites (tertiary alicyclic amines) is 1. The number of primary amides is 1. The molecule has 1 unspecified atom stereocenters. The molecule has 3 fully saturated rings. The van der Waals surface area contributed by atoms with E-state index in [1.165, 1.54) is 0 Å². The summed E-state index contributed by atoms with van der Waals surface area (Å²) in [5.41, 5.74) is 5.53. The smallest absolute Gasteiger partial charge is 0.226 e. The minimum Gasteiger partial charge on any atom is -0.369 e. The van der Waals surface area contributed by atoms with Gasteiger partial charge < -0.3 is 16.0 Å². The monoisotopic (exact) mass is 251 g/mol. The highest BCUT2D eigenvalue weighted by Crippen LogP contribution is 2.54. The first-order chi connectivity index (χ1) is 8.36. The van der Waals surface area contributed by atoms with Gasteiger partial charge in [0.25, 0.3) is 0 Å². The fraction of sp³-hybridized carbons (Fsp3) is 0.846. The van der Waals surface area contributed by atoms with Crippen LogP contribution in [0.2, 0.25) is 0 Å². The Morgan fingerprint density at radius 2 is 1.89 bits per heavy atom. The van der Waals surface area contributed by atoms with Gasteiger partial charge in [-0.25, -0.2) is 0 Å². The summed E-state index contributed by atoms with van der Waals surface area (Å²) < 4.78 is 0. The summed E-state index contributed by atoms with van der Waals surface area (Å²) in [5.74, 6) is 0.101. The summed E-state index contributed by atoms with van der Waals surface area (Å²) in [7, 11) is 0.